The number of nitrogens with zero attached hydrogens (tertiary/aromatic N) is 3. The summed E-state index contributed by atoms with van der Waals surface area (Å²) in [5.74, 6) is 1.33. The number of benzene rings is 3. The molecule has 200 valence electrons. The Balaban J connectivity index is 1.48. The van der Waals surface area contributed by atoms with Crippen molar-refractivity contribution in [2.45, 2.75) is 33.4 Å². The largest absolute Gasteiger partial charge is 0.493 e. The summed E-state index contributed by atoms with van der Waals surface area (Å²) < 4.78 is 13.4. The Kier molecular flexibility index (Phi) is 7.50. The van der Waals surface area contributed by atoms with Gasteiger partial charge in [0.15, 0.2) is 11.5 Å². The van der Waals surface area contributed by atoms with E-state index in [1.165, 1.54) is 6.33 Å². The highest BCUT2D eigenvalue weighted by atomic mass is 35.5. The Morgan fingerprint density at radius 3 is 2.67 bits per heavy atom. The van der Waals surface area contributed by atoms with Crippen molar-refractivity contribution in [2.24, 2.45) is 0 Å². The Morgan fingerprint density at radius 1 is 1.08 bits per heavy atom. The van der Waals surface area contributed by atoms with Crippen LogP contribution in [0.15, 0.2) is 72.2 Å². The Hall–Kier alpha value is -4.01. The van der Waals surface area contributed by atoms with Gasteiger partial charge >= 0.3 is 0 Å². The quantitative estimate of drug-likeness (QED) is 0.259. The van der Waals surface area contributed by atoms with Crippen molar-refractivity contribution in [3.8, 4) is 11.5 Å². The van der Waals surface area contributed by atoms with E-state index in [0.717, 1.165) is 27.9 Å². The number of halogens is 2. The lowest BCUT2D eigenvalue weighted by Crippen LogP contribution is -2.31. The molecule has 1 unspecified atom stereocenters. The molecule has 2 heterocycles. The van der Waals surface area contributed by atoms with E-state index in [1.54, 1.807) is 23.9 Å². The zero-order chi connectivity index (χ0) is 27.7. The number of carbonyl (C=O) groups excluding carboxylic acids is 1. The average Bonchev–Trinajstić information content (AvgIpc) is 3.38. The van der Waals surface area contributed by atoms with Crippen LogP contribution in [0.1, 0.15) is 35.2 Å². The molecule has 1 atom stereocenters. The monoisotopic (exact) mass is 563 g/mol. The second kappa shape index (κ2) is 11.0. The molecule has 0 aliphatic carbocycles. The topological polar surface area (TPSA) is 90.3 Å². The predicted octanol–water partition coefficient (Wildman–Crippen LogP) is 6.72. The molecule has 0 bridgehead atoms. The number of aromatic nitrogens is 3. The maximum absolute atomic E-state index is 13.7. The summed E-state index contributed by atoms with van der Waals surface area (Å²) in [6, 6.07) is 16.1. The molecule has 39 heavy (non-hydrogen) atoms. The molecule has 3 aromatic carbocycles. The highest BCUT2D eigenvalue weighted by Gasteiger charge is 2.34. The highest BCUT2D eigenvalue weighted by molar-refractivity contribution is 6.35. The number of amides is 1. The minimum atomic E-state index is -0.553. The van der Waals surface area contributed by atoms with Crippen molar-refractivity contribution >= 4 is 40.7 Å². The van der Waals surface area contributed by atoms with Crippen LogP contribution in [-0.2, 0) is 11.4 Å². The number of aryl methyl sites for hydroxylation is 1. The molecule has 1 amide bonds. The lowest BCUT2D eigenvalue weighted by Gasteiger charge is -2.29. The zero-order valence-electron chi connectivity index (χ0n) is 21.9. The maximum atomic E-state index is 13.7. The molecule has 0 saturated carbocycles. The van der Waals surface area contributed by atoms with E-state index in [4.69, 9.17) is 32.7 Å². The van der Waals surface area contributed by atoms with Crippen LogP contribution in [0.5, 0.6) is 11.5 Å². The molecule has 2 N–H and O–H groups in total. The third-order valence-corrected chi connectivity index (χ3v) is 7.38. The van der Waals surface area contributed by atoms with E-state index >= 15 is 0 Å². The molecular weight excluding hydrogens is 537 g/mol. The fourth-order valence-corrected chi connectivity index (χ4v) is 5.00. The summed E-state index contributed by atoms with van der Waals surface area (Å²) in [6.07, 6.45) is 1.46. The molecule has 0 radical (unpaired) electrons. The van der Waals surface area contributed by atoms with Gasteiger partial charge in [-0.05, 0) is 67.8 Å². The van der Waals surface area contributed by atoms with Gasteiger partial charge in [-0.2, -0.15) is 10.1 Å². The van der Waals surface area contributed by atoms with Crippen LogP contribution >= 0.6 is 23.2 Å². The molecule has 8 nitrogen and oxygen atoms in total. The van der Waals surface area contributed by atoms with E-state index in [2.05, 4.69) is 20.7 Å². The van der Waals surface area contributed by atoms with Gasteiger partial charge in [0.05, 0.1) is 12.7 Å². The van der Waals surface area contributed by atoms with E-state index < -0.39 is 6.04 Å². The van der Waals surface area contributed by atoms with Crippen molar-refractivity contribution in [3.05, 3.63) is 104 Å². The molecule has 4 aromatic rings. The summed E-state index contributed by atoms with van der Waals surface area (Å²) in [5, 5.41) is 11.8. The third kappa shape index (κ3) is 5.30. The Morgan fingerprint density at radius 2 is 1.90 bits per heavy atom. The first kappa shape index (κ1) is 26.6. The van der Waals surface area contributed by atoms with Crippen LogP contribution in [-0.4, -0.2) is 27.8 Å². The third-order valence-electron chi connectivity index (χ3n) is 6.79. The number of allylic oxidation sites excluding steroid dienone is 1. The molecule has 0 fully saturated rings. The fourth-order valence-electron chi connectivity index (χ4n) is 4.54. The summed E-state index contributed by atoms with van der Waals surface area (Å²) in [4.78, 5) is 18.1. The van der Waals surface area contributed by atoms with Gasteiger partial charge in [0.1, 0.15) is 19.0 Å². The minimum Gasteiger partial charge on any atom is -0.493 e. The van der Waals surface area contributed by atoms with Crippen molar-refractivity contribution in [1.29, 1.82) is 0 Å². The van der Waals surface area contributed by atoms with E-state index in [1.807, 2.05) is 63.2 Å². The summed E-state index contributed by atoms with van der Waals surface area (Å²) >= 11 is 12.3. The lowest BCUT2D eigenvalue weighted by molar-refractivity contribution is -0.113. The van der Waals surface area contributed by atoms with Gasteiger partial charge in [-0.25, -0.2) is 4.68 Å². The average molecular weight is 564 g/mol. The molecule has 0 spiro atoms. The summed E-state index contributed by atoms with van der Waals surface area (Å²) in [7, 11) is 1.57. The van der Waals surface area contributed by atoms with Gasteiger partial charge in [-0.15, -0.1) is 0 Å². The second-order valence-corrected chi connectivity index (χ2v) is 10.1. The van der Waals surface area contributed by atoms with Gasteiger partial charge in [-0.3, -0.25) is 4.79 Å². The standard InChI is InChI=1S/C29H27Cl2N5O3/c1-16-6-5-7-23(17(16)2)35-28(37)26-18(3)34-29-32-15-33-36(29)27(26)19-9-11-24(25(12-19)38-4)39-14-20-8-10-21(30)13-22(20)31/h5-13,15,27H,14H2,1-4H3,(H,35,37)(H,32,33,34). The first-order chi connectivity index (χ1) is 18.8. The van der Waals surface area contributed by atoms with Crippen LogP contribution in [0.4, 0.5) is 11.6 Å². The molecule has 5 rings (SSSR count). The van der Waals surface area contributed by atoms with Crippen LogP contribution in [0.3, 0.4) is 0 Å². The van der Waals surface area contributed by atoms with E-state index in [0.29, 0.717) is 38.8 Å². The molecule has 1 aliphatic heterocycles. The number of anilines is 2. The van der Waals surface area contributed by atoms with Crippen LogP contribution < -0.4 is 20.1 Å². The number of rotatable bonds is 7. The SMILES string of the molecule is COc1cc(C2C(C(=O)Nc3cccc(C)c3C)=C(C)Nc3ncnn32)ccc1OCc1ccc(Cl)cc1Cl. The number of carbonyl (C=O) groups is 1. The number of ether oxygens (including phenoxy) is 2. The van der Waals surface area contributed by atoms with Gasteiger partial charge < -0.3 is 20.1 Å². The van der Waals surface area contributed by atoms with Crippen LogP contribution in [0.25, 0.3) is 0 Å². The van der Waals surface area contributed by atoms with Crippen molar-refractivity contribution in [3.63, 3.8) is 0 Å². The number of methoxy groups -OCH3 is 1. The van der Waals surface area contributed by atoms with Crippen LogP contribution in [0, 0.1) is 13.8 Å². The maximum Gasteiger partial charge on any atom is 0.255 e. The number of fused-ring (bicyclic) bond motifs is 1. The zero-order valence-corrected chi connectivity index (χ0v) is 23.4. The van der Waals surface area contributed by atoms with Gasteiger partial charge in [0, 0.05) is 27.0 Å². The first-order valence-corrected chi connectivity index (χ1v) is 13.0. The van der Waals surface area contributed by atoms with Gasteiger partial charge in [-0.1, -0.05) is 47.5 Å². The minimum absolute atomic E-state index is 0.231. The lowest BCUT2D eigenvalue weighted by atomic mass is 9.94. The predicted molar refractivity (Wildman–Crippen MR) is 153 cm³/mol. The Labute approximate surface area is 236 Å². The molecule has 0 saturated heterocycles. The van der Waals surface area contributed by atoms with E-state index in [9.17, 15) is 4.79 Å². The molecule has 10 heteroatoms. The molecule has 1 aliphatic rings. The molecular formula is C29H27Cl2N5O3. The van der Waals surface area contributed by atoms with Gasteiger partial charge in [0.25, 0.3) is 5.91 Å². The van der Waals surface area contributed by atoms with E-state index in [-0.39, 0.29) is 12.5 Å². The summed E-state index contributed by atoms with van der Waals surface area (Å²) in [6.45, 7) is 6.08. The van der Waals surface area contributed by atoms with Crippen molar-refractivity contribution < 1.29 is 14.3 Å². The number of hydrogen-bond donors (Lipinski definition) is 2. The smallest absolute Gasteiger partial charge is 0.255 e. The van der Waals surface area contributed by atoms with Crippen LogP contribution in [0.2, 0.25) is 10.0 Å². The second-order valence-electron chi connectivity index (χ2n) is 9.23. The van der Waals surface area contributed by atoms with Gasteiger partial charge in [0.2, 0.25) is 5.95 Å². The summed E-state index contributed by atoms with van der Waals surface area (Å²) in [5.41, 5.74) is 5.62. The fraction of sp³-hybridized carbons (Fsp3) is 0.207. The first-order valence-electron chi connectivity index (χ1n) is 12.3. The van der Waals surface area contributed by atoms with Crippen molar-refractivity contribution in [2.75, 3.05) is 17.7 Å². The Bertz CT molecular complexity index is 1600. The highest BCUT2D eigenvalue weighted by Crippen LogP contribution is 2.39. The molecule has 1 aromatic heterocycles. The number of nitrogens with one attached hydrogen (secondary N) is 2. The normalized spacial score (nSPS) is 14.5. The number of hydrogen-bond acceptors (Lipinski definition) is 6. The van der Waals surface area contributed by atoms with Crippen molar-refractivity contribution in [1.82, 2.24) is 14.8 Å².